The predicted octanol–water partition coefficient (Wildman–Crippen LogP) is 5.30. The normalized spacial score (nSPS) is 11.9. The number of amides is 1. The minimum Gasteiger partial charge on any atom is -0.326 e. The summed E-state index contributed by atoms with van der Waals surface area (Å²) in [6.45, 7) is 16.6. The van der Waals surface area contributed by atoms with Crippen molar-refractivity contribution in [2.75, 3.05) is 5.32 Å². The van der Waals surface area contributed by atoms with E-state index in [-0.39, 0.29) is 11.4 Å². The number of carbonyl (C=O) groups excluding carboxylic acids is 1. The maximum absolute atomic E-state index is 12.6. The molecule has 1 N–H and O–H groups in total. The van der Waals surface area contributed by atoms with Crippen molar-refractivity contribution >= 4 is 22.6 Å². The third-order valence-corrected chi connectivity index (χ3v) is 5.48. The highest BCUT2D eigenvalue weighted by molar-refractivity contribution is 5.92. The minimum absolute atomic E-state index is 0.0275. The van der Waals surface area contributed by atoms with Crippen LogP contribution in [0, 0.1) is 34.6 Å². The molecule has 5 heteroatoms. The quantitative estimate of drug-likeness (QED) is 0.655. The number of hydrogen-bond acceptors (Lipinski definition) is 3. The van der Waals surface area contributed by atoms with E-state index in [0.29, 0.717) is 12.8 Å². The number of nitrogens with one attached hydrogen (secondary N) is 1. The Bertz CT molecular complexity index is 1090. The molecule has 1 aromatic carbocycles. The summed E-state index contributed by atoms with van der Waals surface area (Å²) in [7, 11) is 0. The van der Waals surface area contributed by atoms with Gasteiger partial charge in [0.05, 0.1) is 11.2 Å². The molecule has 0 fully saturated rings. The highest BCUT2D eigenvalue weighted by Gasteiger charge is 2.23. The number of aromatic nitrogens is 3. The van der Waals surface area contributed by atoms with E-state index in [1.165, 1.54) is 5.56 Å². The molecule has 3 rings (SSSR count). The number of pyridine rings is 1. The fourth-order valence-corrected chi connectivity index (χ4v) is 3.86. The number of carbonyl (C=O) groups is 1. The molecule has 2 aromatic heterocycles. The Balaban J connectivity index is 1.86. The average molecular weight is 393 g/mol. The number of benzene rings is 1. The number of fused-ring (bicyclic) bond motifs is 1. The second-order valence-electron chi connectivity index (χ2n) is 9.03. The van der Waals surface area contributed by atoms with Gasteiger partial charge in [0, 0.05) is 23.2 Å². The summed E-state index contributed by atoms with van der Waals surface area (Å²) in [5, 5.41) is 8.91. The van der Waals surface area contributed by atoms with Gasteiger partial charge in [0.25, 0.3) is 0 Å². The van der Waals surface area contributed by atoms with Gasteiger partial charge in [0.2, 0.25) is 5.91 Å². The van der Waals surface area contributed by atoms with E-state index in [0.717, 1.165) is 44.8 Å². The van der Waals surface area contributed by atoms with Gasteiger partial charge in [-0.25, -0.2) is 9.67 Å². The second kappa shape index (κ2) is 7.62. The van der Waals surface area contributed by atoms with Gasteiger partial charge in [0.15, 0.2) is 5.65 Å². The van der Waals surface area contributed by atoms with Crippen LogP contribution in [-0.4, -0.2) is 20.7 Å². The molecule has 2 heterocycles. The van der Waals surface area contributed by atoms with Gasteiger partial charge >= 0.3 is 0 Å². The molecule has 0 saturated heterocycles. The molecule has 5 nitrogen and oxygen atoms in total. The topological polar surface area (TPSA) is 59.8 Å². The third-order valence-electron chi connectivity index (χ3n) is 5.48. The lowest BCUT2D eigenvalue weighted by Gasteiger charge is -2.20. The van der Waals surface area contributed by atoms with Gasteiger partial charge in [-0.3, -0.25) is 4.79 Å². The minimum atomic E-state index is -0.133. The Hall–Kier alpha value is -2.69. The molecule has 29 heavy (non-hydrogen) atoms. The standard InChI is InChI=1S/C24H32N4O/c1-14-9-10-15(2)20(13-14)26-21(29)12-11-19-16(3)22-18(5)27-28(24(6,7)8)23(22)25-17(19)4/h9-10,13H,11-12H2,1-8H3,(H,26,29). The van der Waals surface area contributed by atoms with Crippen molar-refractivity contribution in [3.63, 3.8) is 0 Å². The average Bonchev–Trinajstić information content (AvgIpc) is 2.94. The molecule has 0 atom stereocenters. The largest absolute Gasteiger partial charge is 0.326 e. The summed E-state index contributed by atoms with van der Waals surface area (Å²) in [6.07, 6.45) is 1.09. The van der Waals surface area contributed by atoms with E-state index in [4.69, 9.17) is 10.1 Å². The molecule has 0 aliphatic heterocycles. The van der Waals surface area contributed by atoms with E-state index >= 15 is 0 Å². The van der Waals surface area contributed by atoms with E-state index < -0.39 is 0 Å². The van der Waals surface area contributed by atoms with E-state index in [1.807, 2.05) is 44.5 Å². The van der Waals surface area contributed by atoms with Crippen molar-refractivity contribution < 1.29 is 4.79 Å². The van der Waals surface area contributed by atoms with Crippen LogP contribution in [0.3, 0.4) is 0 Å². The van der Waals surface area contributed by atoms with Crippen LogP contribution < -0.4 is 5.32 Å². The maximum atomic E-state index is 12.6. The van der Waals surface area contributed by atoms with Crippen molar-refractivity contribution in [3.05, 3.63) is 51.8 Å². The summed E-state index contributed by atoms with van der Waals surface area (Å²) >= 11 is 0. The number of nitrogens with zero attached hydrogens (tertiary/aromatic N) is 3. The number of anilines is 1. The molecule has 0 bridgehead atoms. The smallest absolute Gasteiger partial charge is 0.224 e. The fourth-order valence-electron chi connectivity index (χ4n) is 3.86. The van der Waals surface area contributed by atoms with Crippen LogP contribution in [0.15, 0.2) is 18.2 Å². The van der Waals surface area contributed by atoms with Crippen LogP contribution in [0.2, 0.25) is 0 Å². The van der Waals surface area contributed by atoms with E-state index in [2.05, 4.69) is 39.1 Å². The fraction of sp³-hybridized carbons (Fsp3) is 0.458. The Morgan fingerprint density at radius 2 is 1.76 bits per heavy atom. The molecule has 0 spiro atoms. The summed E-state index contributed by atoms with van der Waals surface area (Å²) in [5.41, 5.74) is 8.17. The highest BCUT2D eigenvalue weighted by atomic mass is 16.1. The molecule has 0 saturated carbocycles. The lowest BCUT2D eigenvalue weighted by molar-refractivity contribution is -0.116. The SMILES string of the molecule is Cc1ccc(C)c(NC(=O)CCc2c(C)nc3c(c(C)nn3C(C)(C)C)c2C)c1. The summed E-state index contributed by atoms with van der Waals surface area (Å²) in [4.78, 5) is 17.5. The van der Waals surface area contributed by atoms with Crippen molar-refractivity contribution in [2.24, 2.45) is 0 Å². The molecule has 0 aliphatic rings. The molecule has 154 valence electrons. The van der Waals surface area contributed by atoms with Gasteiger partial charge in [-0.1, -0.05) is 12.1 Å². The lowest BCUT2D eigenvalue weighted by atomic mass is 9.99. The van der Waals surface area contributed by atoms with E-state index in [9.17, 15) is 4.79 Å². The number of rotatable bonds is 4. The zero-order chi connectivity index (χ0) is 21.5. The Morgan fingerprint density at radius 3 is 2.41 bits per heavy atom. The summed E-state index contributed by atoms with van der Waals surface area (Å²) < 4.78 is 2.01. The lowest BCUT2D eigenvalue weighted by Crippen LogP contribution is -2.23. The van der Waals surface area contributed by atoms with Gasteiger partial charge in [-0.05, 0) is 90.1 Å². The van der Waals surface area contributed by atoms with Crippen LogP contribution in [0.4, 0.5) is 5.69 Å². The molecule has 3 aromatic rings. The zero-order valence-electron chi connectivity index (χ0n) is 18.9. The summed E-state index contributed by atoms with van der Waals surface area (Å²) in [6, 6.07) is 6.10. The molecule has 0 aliphatic carbocycles. The first-order valence-electron chi connectivity index (χ1n) is 10.2. The van der Waals surface area contributed by atoms with Gasteiger partial charge in [-0.15, -0.1) is 0 Å². The Morgan fingerprint density at radius 1 is 1.07 bits per heavy atom. The first-order valence-corrected chi connectivity index (χ1v) is 10.2. The van der Waals surface area contributed by atoms with Crippen LogP contribution >= 0.6 is 0 Å². The predicted molar refractivity (Wildman–Crippen MR) is 120 cm³/mol. The van der Waals surface area contributed by atoms with Gasteiger partial charge in [0.1, 0.15) is 0 Å². The van der Waals surface area contributed by atoms with Crippen molar-refractivity contribution in [3.8, 4) is 0 Å². The van der Waals surface area contributed by atoms with Crippen LogP contribution in [0.5, 0.6) is 0 Å². The Labute approximate surface area is 173 Å². The van der Waals surface area contributed by atoms with E-state index in [1.54, 1.807) is 0 Å². The molecular formula is C24H32N4O. The number of aryl methyl sites for hydroxylation is 5. The molecule has 0 radical (unpaired) electrons. The first-order chi connectivity index (χ1) is 13.5. The second-order valence-corrected chi connectivity index (χ2v) is 9.03. The zero-order valence-corrected chi connectivity index (χ0v) is 18.9. The molecule has 0 unspecified atom stereocenters. The van der Waals surface area contributed by atoms with Gasteiger partial charge < -0.3 is 5.32 Å². The van der Waals surface area contributed by atoms with Crippen LogP contribution in [0.25, 0.3) is 11.0 Å². The third kappa shape index (κ3) is 4.19. The highest BCUT2D eigenvalue weighted by Crippen LogP contribution is 2.29. The maximum Gasteiger partial charge on any atom is 0.224 e. The first kappa shape index (κ1) is 21.0. The molecular weight excluding hydrogens is 360 g/mol. The summed E-state index contributed by atoms with van der Waals surface area (Å²) in [5.74, 6) is 0.0275. The van der Waals surface area contributed by atoms with Gasteiger partial charge in [-0.2, -0.15) is 5.10 Å². The monoisotopic (exact) mass is 392 g/mol. The number of hydrogen-bond donors (Lipinski definition) is 1. The van der Waals surface area contributed by atoms with Crippen molar-refractivity contribution in [2.45, 2.75) is 73.8 Å². The van der Waals surface area contributed by atoms with Crippen molar-refractivity contribution in [1.82, 2.24) is 14.8 Å². The van der Waals surface area contributed by atoms with Crippen LogP contribution in [0.1, 0.15) is 60.8 Å². The Kier molecular flexibility index (Phi) is 5.52. The van der Waals surface area contributed by atoms with Crippen LogP contribution in [-0.2, 0) is 16.8 Å². The molecule has 1 amide bonds. The van der Waals surface area contributed by atoms with Crippen molar-refractivity contribution in [1.29, 1.82) is 0 Å².